The van der Waals surface area contributed by atoms with Gasteiger partial charge in [0.2, 0.25) is 0 Å². The van der Waals surface area contributed by atoms with Crippen molar-refractivity contribution in [3.05, 3.63) is 0 Å². The number of likely N-dealkylation sites (N-methyl/N-ethyl adjacent to an activating group) is 1. The van der Waals surface area contributed by atoms with Gasteiger partial charge in [-0.05, 0) is 13.0 Å². The first-order valence-electron chi connectivity index (χ1n) is 4.90. The van der Waals surface area contributed by atoms with E-state index in [9.17, 15) is 4.79 Å². The molecule has 0 aliphatic rings. The Morgan fingerprint density at radius 2 is 1.92 bits per heavy atom. The largest absolute Gasteiger partial charge is 0.308 e. The van der Waals surface area contributed by atoms with Crippen molar-refractivity contribution in [2.24, 2.45) is 5.92 Å². The first-order chi connectivity index (χ1) is 5.63. The number of carbonyl (C=O) groups is 1. The average molecular weight is 171 g/mol. The quantitative estimate of drug-likeness (QED) is 0.662. The van der Waals surface area contributed by atoms with Gasteiger partial charge < -0.3 is 5.32 Å². The molecule has 0 bridgehead atoms. The lowest BCUT2D eigenvalue weighted by atomic mass is 9.98. The highest BCUT2D eigenvalue weighted by Gasteiger charge is 2.18. The van der Waals surface area contributed by atoms with E-state index in [0.29, 0.717) is 5.78 Å². The van der Waals surface area contributed by atoms with Crippen LogP contribution in [0, 0.1) is 5.92 Å². The van der Waals surface area contributed by atoms with Crippen LogP contribution in [-0.4, -0.2) is 18.4 Å². The molecule has 0 radical (unpaired) electrons. The van der Waals surface area contributed by atoms with Crippen LogP contribution in [0.15, 0.2) is 0 Å². The third-order valence-electron chi connectivity index (χ3n) is 1.94. The van der Waals surface area contributed by atoms with E-state index in [4.69, 9.17) is 0 Å². The van der Waals surface area contributed by atoms with E-state index in [1.54, 1.807) is 0 Å². The molecule has 0 aromatic heterocycles. The van der Waals surface area contributed by atoms with Crippen molar-refractivity contribution < 1.29 is 4.79 Å². The number of hydrogen-bond acceptors (Lipinski definition) is 2. The minimum atomic E-state index is 0.0833. The summed E-state index contributed by atoms with van der Waals surface area (Å²) in [6, 6.07) is 0.0833. The van der Waals surface area contributed by atoms with Gasteiger partial charge in [0.05, 0.1) is 6.04 Å². The van der Waals surface area contributed by atoms with Crippen molar-refractivity contribution in [2.75, 3.05) is 6.54 Å². The standard InChI is InChI=1S/C10H21NO/c1-5-7-9(11-6-2)10(12)8(3)4/h8-9,11H,5-7H2,1-4H3. The normalized spacial score (nSPS) is 13.4. The Morgan fingerprint density at radius 3 is 2.25 bits per heavy atom. The molecule has 0 saturated carbocycles. The molecule has 1 N–H and O–H groups in total. The van der Waals surface area contributed by atoms with Crippen molar-refractivity contribution in [1.82, 2.24) is 5.32 Å². The molecule has 0 rings (SSSR count). The third kappa shape index (κ3) is 3.86. The van der Waals surface area contributed by atoms with Gasteiger partial charge in [0.25, 0.3) is 0 Å². The number of carbonyl (C=O) groups excluding carboxylic acids is 1. The van der Waals surface area contributed by atoms with Crippen molar-refractivity contribution in [2.45, 2.75) is 46.6 Å². The Hall–Kier alpha value is -0.370. The Bertz CT molecular complexity index is 126. The smallest absolute Gasteiger partial charge is 0.152 e. The Labute approximate surface area is 75.7 Å². The second-order valence-electron chi connectivity index (χ2n) is 3.46. The number of Topliss-reactive ketones (excluding diaryl/α,β-unsaturated/α-hetero) is 1. The number of ketones is 1. The van der Waals surface area contributed by atoms with Gasteiger partial charge in [-0.25, -0.2) is 0 Å². The zero-order valence-corrected chi connectivity index (χ0v) is 8.68. The van der Waals surface area contributed by atoms with Gasteiger partial charge in [0.1, 0.15) is 0 Å². The minimum Gasteiger partial charge on any atom is -0.308 e. The number of nitrogens with one attached hydrogen (secondary N) is 1. The molecule has 1 unspecified atom stereocenters. The highest BCUT2D eigenvalue weighted by molar-refractivity contribution is 5.85. The van der Waals surface area contributed by atoms with Gasteiger partial charge in [-0.15, -0.1) is 0 Å². The topological polar surface area (TPSA) is 29.1 Å². The summed E-state index contributed by atoms with van der Waals surface area (Å²) in [5.41, 5.74) is 0. The lowest BCUT2D eigenvalue weighted by Gasteiger charge is -2.17. The lowest BCUT2D eigenvalue weighted by molar-refractivity contribution is -0.124. The molecule has 0 spiro atoms. The predicted octanol–water partition coefficient (Wildman–Crippen LogP) is 1.99. The van der Waals surface area contributed by atoms with Gasteiger partial charge in [0, 0.05) is 5.92 Å². The number of rotatable bonds is 6. The summed E-state index contributed by atoms with van der Waals surface area (Å²) in [4.78, 5) is 11.6. The fourth-order valence-electron chi connectivity index (χ4n) is 1.28. The molecule has 1 atom stereocenters. The summed E-state index contributed by atoms with van der Waals surface area (Å²) in [6.45, 7) is 8.95. The number of hydrogen-bond donors (Lipinski definition) is 1. The van der Waals surface area contributed by atoms with Crippen LogP contribution < -0.4 is 5.32 Å². The van der Waals surface area contributed by atoms with Gasteiger partial charge >= 0.3 is 0 Å². The molecule has 0 saturated heterocycles. The minimum absolute atomic E-state index is 0.0833. The molecule has 2 heteroatoms. The SMILES string of the molecule is CCCC(NCC)C(=O)C(C)C. The predicted molar refractivity (Wildman–Crippen MR) is 52.2 cm³/mol. The van der Waals surface area contributed by atoms with Crippen molar-refractivity contribution in [3.8, 4) is 0 Å². The van der Waals surface area contributed by atoms with E-state index in [-0.39, 0.29) is 12.0 Å². The molecule has 0 aromatic rings. The zero-order valence-electron chi connectivity index (χ0n) is 8.68. The van der Waals surface area contributed by atoms with E-state index in [1.807, 2.05) is 20.8 Å². The van der Waals surface area contributed by atoms with Crippen LogP contribution in [0.25, 0.3) is 0 Å². The van der Waals surface area contributed by atoms with Crippen molar-refractivity contribution >= 4 is 5.78 Å². The fraction of sp³-hybridized carbons (Fsp3) is 0.900. The van der Waals surface area contributed by atoms with Gasteiger partial charge in [0.15, 0.2) is 5.78 Å². The Kier molecular flexibility index (Phi) is 5.99. The summed E-state index contributed by atoms with van der Waals surface area (Å²) in [6.07, 6.45) is 2.03. The molecular formula is C10H21NO. The molecule has 0 fully saturated rings. The summed E-state index contributed by atoms with van der Waals surface area (Å²) in [7, 11) is 0. The molecule has 2 nitrogen and oxygen atoms in total. The molecular weight excluding hydrogens is 150 g/mol. The summed E-state index contributed by atoms with van der Waals surface area (Å²) < 4.78 is 0. The maximum absolute atomic E-state index is 11.6. The maximum Gasteiger partial charge on any atom is 0.152 e. The van der Waals surface area contributed by atoms with Crippen LogP contribution >= 0.6 is 0 Å². The van der Waals surface area contributed by atoms with Crippen LogP contribution in [0.5, 0.6) is 0 Å². The second kappa shape index (κ2) is 6.18. The van der Waals surface area contributed by atoms with Crippen molar-refractivity contribution in [1.29, 1.82) is 0 Å². The highest BCUT2D eigenvalue weighted by atomic mass is 16.1. The summed E-state index contributed by atoms with van der Waals surface area (Å²) >= 11 is 0. The van der Waals surface area contributed by atoms with Crippen LogP contribution in [-0.2, 0) is 4.79 Å². The van der Waals surface area contributed by atoms with E-state index in [0.717, 1.165) is 19.4 Å². The molecule has 0 heterocycles. The zero-order chi connectivity index (χ0) is 9.56. The van der Waals surface area contributed by atoms with E-state index in [2.05, 4.69) is 12.2 Å². The van der Waals surface area contributed by atoms with E-state index in [1.165, 1.54) is 0 Å². The van der Waals surface area contributed by atoms with Gasteiger partial charge in [-0.1, -0.05) is 34.1 Å². The fourth-order valence-corrected chi connectivity index (χ4v) is 1.28. The maximum atomic E-state index is 11.6. The summed E-state index contributed by atoms with van der Waals surface area (Å²) in [5, 5.41) is 3.22. The van der Waals surface area contributed by atoms with Crippen LogP contribution in [0.4, 0.5) is 0 Å². The van der Waals surface area contributed by atoms with Crippen LogP contribution in [0.1, 0.15) is 40.5 Å². The molecule has 0 aliphatic heterocycles. The molecule has 72 valence electrons. The third-order valence-corrected chi connectivity index (χ3v) is 1.94. The first-order valence-corrected chi connectivity index (χ1v) is 4.90. The lowest BCUT2D eigenvalue weighted by Crippen LogP contribution is -2.38. The monoisotopic (exact) mass is 171 g/mol. The Balaban J connectivity index is 3.99. The van der Waals surface area contributed by atoms with E-state index < -0.39 is 0 Å². The van der Waals surface area contributed by atoms with Crippen LogP contribution in [0.3, 0.4) is 0 Å². The highest BCUT2D eigenvalue weighted by Crippen LogP contribution is 2.05. The van der Waals surface area contributed by atoms with Crippen molar-refractivity contribution in [3.63, 3.8) is 0 Å². The van der Waals surface area contributed by atoms with Gasteiger partial charge in [-0.3, -0.25) is 4.79 Å². The van der Waals surface area contributed by atoms with E-state index >= 15 is 0 Å². The molecule has 12 heavy (non-hydrogen) atoms. The first kappa shape index (κ1) is 11.6. The second-order valence-corrected chi connectivity index (χ2v) is 3.46. The average Bonchev–Trinajstić information content (AvgIpc) is 2.03. The molecule has 0 aliphatic carbocycles. The van der Waals surface area contributed by atoms with Gasteiger partial charge in [-0.2, -0.15) is 0 Å². The van der Waals surface area contributed by atoms with Crippen LogP contribution in [0.2, 0.25) is 0 Å². The Morgan fingerprint density at radius 1 is 1.33 bits per heavy atom. The molecule has 0 aromatic carbocycles. The molecule has 0 amide bonds. The summed E-state index contributed by atoms with van der Waals surface area (Å²) in [5.74, 6) is 0.499.